The Morgan fingerprint density at radius 3 is 2.73 bits per heavy atom. The van der Waals surface area contributed by atoms with Crippen molar-refractivity contribution in [3.63, 3.8) is 0 Å². The molecule has 114 valence electrons. The lowest BCUT2D eigenvalue weighted by Crippen LogP contribution is -2.21. The van der Waals surface area contributed by atoms with Crippen molar-refractivity contribution in [1.29, 1.82) is 0 Å². The Morgan fingerprint density at radius 1 is 1.14 bits per heavy atom. The predicted molar refractivity (Wildman–Crippen MR) is 91.5 cm³/mol. The van der Waals surface area contributed by atoms with E-state index in [4.69, 9.17) is 4.42 Å². The van der Waals surface area contributed by atoms with Crippen LogP contribution < -0.4 is 0 Å². The lowest BCUT2D eigenvalue weighted by atomic mass is 10.2. The molecule has 1 aromatic carbocycles. The van der Waals surface area contributed by atoms with Crippen LogP contribution in [-0.2, 0) is 13.1 Å². The van der Waals surface area contributed by atoms with E-state index in [2.05, 4.69) is 55.5 Å². The van der Waals surface area contributed by atoms with Crippen molar-refractivity contribution in [2.24, 2.45) is 0 Å². The van der Waals surface area contributed by atoms with Gasteiger partial charge in [0.1, 0.15) is 0 Å². The summed E-state index contributed by atoms with van der Waals surface area (Å²) in [5, 5.41) is 10.4. The number of thiophene rings is 1. The highest BCUT2D eigenvalue weighted by Crippen LogP contribution is 2.27. The van der Waals surface area contributed by atoms with E-state index in [-0.39, 0.29) is 0 Å². The summed E-state index contributed by atoms with van der Waals surface area (Å²) in [7, 11) is 0. The molecule has 0 unspecified atom stereocenters. The largest absolute Gasteiger partial charge is 0.419 e. The van der Waals surface area contributed by atoms with Gasteiger partial charge in [-0.05, 0) is 46.1 Å². The highest BCUT2D eigenvalue weighted by molar-refractivity contribution is 9.10. The lowest BCUT2D eigenvalue weighted by Gasteiger charge is -2.16. The molecule has 22 heavy (non-hydrogen) atoms. The second-order valence-electron chi connectivity index (χ2n) is 4.86. The Kier molecular flexibility index (Phi) is 5.02. The molecule has 0 saturated carbocycles. The normalized spacial score (nSPS) is 11.2. The Hall–Kier alpha value is -1.50. The molecule has 6 heteroatoms. The first-order valence-electron chi connectivity index (χ1n) is 7.08. The molecule has 0 bridgehead atoms. The molecule has 0 N–H and O–H groups in total. The molecule has 0 aliphatic rings. The molecule has 2 aromatic heterocycles. The van der Waals surface area contributed by atoms with E-state index < -0.39 is 0 Å². The van der Waals surface area contributed by atoms with Crippen LogP contribution in [0.3, 0.4) is 0 Å². The second-order valence-corrected chi connectivity index (χ2v) is 6.75. The van der Waals surface area contributed by atoms with Gasteiger partial charge in [0.15, 0.2) is 0 Å². The van der Waals surface area contributed by atoms with Crippen molar-refractivity contribution >= 4 is 27.3 Å². The molecular weight excluding hydrogens is 362 g/mol. The van der Waals surface area contributed by atoms with Crippen LogP contribution in [0.2, 0.25) is 0 Å². The van der Waals surface area contributed by atoms with Crippen LogP contribution in [0.15, 0.2) is 50.7 Å². The van der Waals surface area contributed by atoms with Crippen LogP contribution in [0, 0.1) is 0 Å². The molecule has 0 spiro atoms. The molecule has 0 saturated heterocycles. The zero-order valence-electron chi connectivity index (χ0n) is 12.2. The van der Waals surface area contributed by atoms with Gasteiger partial charge in [-0.3, -0.25) is 4.90 Å². The molecule has 0 amide bonds. The quantitative estimate of drug-likeness (QED) is 0.630. The van der Waals surface area contributed by atoms with Gasteiger partial charge in [0, 0.05) is 15.9 Å². The first kappa shape index (κ1) is 15.4. The highest BCUT2D eigenvalue weighted by atomic mass is 79.9. The van der Waals surface area contributed by atoms with Gasteiger partial charge in [-0.25, -0.2) is 0 Å². The van der Waals surface area contributed by atoms with E-state index in [1.54, 1.807) is 11.3 Å². The number of halogens is 1. The van der Waals surface area contributed by atoms with E-state index in [1.165, 1.54) is 4.88 Å². The van der Waals surface area contributed by atoms with Gasteiger partial charge in [0.25, 0.3) is 0 Å². The topological polar surface area (TPSA) is 42.2 Å². The summed E-state index contributed by atoms with van der Waals surface area (Å²) in [4.78, 5) is 3.62. The third-order valence-electron chi connectivity index (χ3n) is 3.34. The zero-order chi connectivity index (χ0) is 15.4. The smallest absolute Gasteiger partial charge is 0.248 e. The van der Waals surface area contributed by atoms with Crippen molar-refractivity contribution in [1.82, 2.24) is 15.1 Å². The summed E-state index contributed by atoms with van der Waals surface area (Å²) in [5.74, 6) is 1.19. The number of aromatic nitrogens is 2. The minimum absolute atomic E-state index is 0.551. The number of hydrogen-bond acceptors (Lipinski definition) is 5. The van der Waals surface area contributed by atoms with Crippen LogP contribution in [0.4, 0.5) is 0 Å². The molecule has 0 aliphatic heterocycles. The van der Waals surface area contributed by atoms with Gasteiger partial charge >= 0.3 is 0 Å². The molecule has 2 heterocycles. The highest BCUT2D eigenvalue weighted by Gasteiger charge is 2.14. The molecule has 0 fully saturated rings. The first-order chi connectivity index (χ1) is 10.8. The van der Waals surface area contributed by atoms with Gasteiger partial charge in [0.05, 0.1) is 12.1 Å². The van der Waals surface area contributed by atoms with Gasteiger partial charge in [0.2, 0.25) is 11.8 Å². The minimum atomic E-state index is 0.551. The maximum Gasteiger partial charge on any atom is 0.248 e. The lowest BCUT2D eigenvalue weighted by molar-refractivity contribution is 0.245. The summed E-state index contributed by atoms with van der Waals surface area (Å²) in [6.45, 7) is 4.63. The minimum Gasteiger partial charge on any atom is -0.419 e. The van der Waals surface area contributed by atoms with Gasteiger partial charge in [-0.2, -0.15) is 0 Å². The molecule has 0 atom stereocenters. The van der Waals surface area contributed by atoms with E-state index in [9.17, 15) is 0 Å². The van der Waals surface area contributed by atoms with Crippen LogP contribution in [-0.4, -0.2) is 21.6 Å². The first-order valence-corrected chi connectivity index (χ1v) is 8.75. The second kappa shape index (κ2) is 7.17. The predicted octanol–water partition coefficient (Wildman–Crippen LogP) is 4.58. The monoisotopic (exact) mass is 377 g/mol. The maximum absolute atomic E-state index is 5.81. The Balaban J connectivity index is 1.72. The van der Waals surface area contributed by atoms with E-state index in [0.29, 0.717) is 18.3 Å². The molecular formula is C16H16BrN3OS. The molecule has 0 radical (unpaired) electrons. The van der Waals surface area contributed by atoms with E-state index in [0.717, 1.165) is 23.1 Å². The van der Waals surface area contributed by atoms with E-state index in [1.807, 2.05) is 24.3 Å². The summed E-state index contributed by atoms with van der Waals surface area (Å²) >= 11 is 5.28. The fourth-order valence-corrected chi connectivity index (χ4v) is 3.36. The number of nitrogens with zero attached hydrogens (tertiary/aromatic N) is 3. The van der Waals surface area contributed by atoms with Crippen LogP contribution >= 0.6 is 27.3 Å². The van der Waals surface area contributed by atoms with Crippen LogP contribution in [0.25, 0.3) is 11.5 Å². The van der Waals surface area contributed by atoms with Crippen molar-refractivity contribution < 1.29 is 4.42 Å². The van der Waals surface area contributed by atoms with Gasteiger partial charge in [-0.15, -0.1) is 21.5 Å². The summed E-state index contributed by atoms with van der Waals surface area (Å²) in [6, 6.07) is 12.1. The Labute approximate surface area is 141 Å². The Bertz CT molecular complexity index is 727. The number of benzene rings is 1. The molecule has 4 nitrogen and oxygen atoms in total. The fraction of sp³-hybridized carbons (Fsp3) is 0.250. The summed E-state index contributed by atoms with van der Waals surface area (Å²) in [6.07, 6.45) is 0. The van der Waals surface area contributed by atoms with Gasteiger partial charge < -0.3 is 4.42 Å². The average molecular weight is 378 g/mol. The average Bonchev–Trinajstić information content (AvgIpc) is 3.19. The maximum atomic E-state index is 5.81. The summed E-state index contributed by atoms with van der Waals surface area (Å²) in [5.41, 5.74) is 0.919. The molecule has 3 rings (SSSR count). The third kappa shape index (κ3) is 3.63. The zero-order valence-corrected chi connectivity index (χ0v) is 14.6. The van der Waals surface area contributed by atoms with Crippen LogP contribution in [0.5, 0.6) is 0 Å². The van der Waals surface area contributed by atoms with E-state index >= 15 is 0 Å². The summed E-state index contributed by atoms with van der Waals surface area (Å²) < 4.78 is 6.77. The molecule has 0 aliphatic carbocycles. The third-order valence-corrected chi connectivity index (χ3v) is 4.89. The SMILES string of the molecule is CCN(Cc1nnc(-c2ccccc2Br)o1)Cc1cccs1. The molecule has 3 aromatic rings. The number of hydrogen-bond donors (Lipinski definition) is 0. The van der Waals surface area contributed by atoms with Gasteiger partial charge in [-0.1, -0.05) is 25.1 Å². The fourth-order valence-electron chi connectivity index (χ4n) is 2.15. The van der Waals surface area contributed by atoms with Crippen molar-refractivity contribution in [3.8, 4) is 11.5 Å². The van der Waals surface area contributed by atoms with Crippen molar-refractivity contribution in [2.45, 2.75) is 20.0 Å². The number of rotatable bonds is 6. The Morgan fingerprint density at radius 2 is 2.00 bits per heavy atom. The standard InChI is InChI=1S/C16H16BrN3OS/c1-2-20(10-12-6-5-9-22-12)11-15-18-19-16(21-15)13-7-3-4-8-14(13)17/h3-9H,2,10-11H2,1H3. The van der Waals surface area contributed by atoms with Crippen LogP contribution in [0.1, 0.15) is 17.7 Å². The van der Waals surface area contributed by atoms with Crippen molar-refractivity contribution in [3.05, 3.63) is 57.0 Å². The van der Waals surface area contributed by atoms with Crippen molar-refractivity contribution in [2.75, 3.05) is 6.54 Å².